The Hall–Kier alpha value is -2.63. The molecule has 1 aromatic carbocycles. The van der Waals surface area contributed by atoms with Crippen molar-refractivity contribution in [3.8, 4) is 0 Å². The van der Waals surface area contributed by atoms with Gasteiger partial charge in [0, 0.05) is 24.2 Å². The van der Waals surface area contributed by atoms with Gasteiger partial charge < -0.3 is 9.64 Å². The first-order valence-corrected chi connectivity index (χ1v) is 7.75. The molecule has 1 heterocycles. The fraction of sp³-hybridized carbons (Fsp3) is 0.353. The van der Waals surface area contributed by atoms with Crippen molar-refractivity contribution in [2.45, 2.75) is 19.8 Å². The van der Waals surface area contributed by atoms with E-state index in [1.807, 2.05) is 4.90 Å². The molecule has 0 spiro atoms. The van der Waals surface area contributed by atoms with Crippen LogP contribution in [0.5, 0.6) is 0 Å². The lowest BCUT2D eigenvalue weighted by Gasteiger charge is -2.27. The number of fused-ring (bicyclic) bond motifs is 1. The number of nitrogens with one attached hydrogen (secondary N) is 1. The first-order chi connectivity index (χ1) is 11.1. The van der Waals surface area contributed by atoms with Crippen molar-refractivity contribution in [1.29, 1.82) is 0 Å². The van der Waals surface area contributed by atoms with Crippen LogP contribution < -0.4 is 5.32 Å². The summed E-state index contributed by atoms with van der Waals surface area (Å²) in [7, 11) is 0. The lowest BCUT2D eigenvalue weighted by molar-refractivity contribution is 0.0936. The van der Waals surface area contributed by atoms with Crippen molar-refractivity contribution in [1.82, 2.24) is 10.2 Å². The minimum atomic E-state index is -0.722. The summed E-state index contributed by atoms with van der Waals surface area (Å²) in [6, 6.07) is 6.68. The number of hydrogen-bond acceptors (Lipinski definition) is 5. The number of nitrogens with zero attached hydrogens (tertiary/aromatic N) is 1. The average Bonchev–Trinajstić information content (AvgIpc) is 3.07. The topological polar surface area (TPSA) is 75.7 Å². The first kappa shape index (κ1) is 15.3. The second kappa shape index (κ2) is 6.24. The first-order valence-electron chi connectivity index (χ1n) is 7.75. The number of hydrogen-bond donors (Lipinski definition) is 1. The maximum absolute atomic E-state index is 12.9. The van der Waals surface area contributed by atoms with Gasteiger partial charge in [0.1, 0.15) is 11.4 Å². The molecule has 1 fully saturated rings. The molecule has 120 valence electrons. The Labute approximate surface area is 134 Å². The normalized spacial score (nSPS) is 17.3. The monoisotopic (exact) mass is 314 g/mol. The van der Waals surface area contributed by atoms with Crippen LogP contribution >= 0.6 is 0 Å². The Bertz CT molecular complexity index is 702. The number of allylic oxidation sites excluding steroid dienone is 2. The number of likely N-dealkylation sites (tertiary alicyclic amines) is 1. The maximum Gasteiger partial charge on any atom is 0.411 e. The molecule has 3 rings (SSSR count). The molecule has 1 amide bonds. The molecular formula is C17H18N2O4. The van der Waals surface area contributed by atoms with Crippen molar-refractivity contribution in [3.63, 3.8) is 0 Å². The van der Waals surface area contributed by atoms with Crippen LogP contribution in [0.1, 0.15) is 40.5 Å². The third-order valence-corrected chi connectivity index (χ3v) is 4.02. The van der Waals surface area contributed by atoms with Gasteiger partial charge in [-0.1, -0.05) is 24.3 Å². The van der Waals surface area contributed by atoms with Crippen LogP contribution in [0.4, 0.5) is 4.79 Å². The van der Waals surface area contributed by atoms with Crippen LogP contribution in [-0.2, 0) is 4.74 Å². The van der Waals surface area contributed by atoms with E-state index >= 15 is 0 Å². The molecule has 6 nitrogen and oxygen atoms in total. The molecule has 0 atom stereocenters. The summed E-state index contributed by atoms with van der Waals surface area (Å²) >= 11 is 0. The number of alkyl carbamates (subject to hydrolysis) is 1. The smallest absolute Gasteiger partial charge is 0.411 e. The van der Waals surface area contributed by atoms with E-state index < -0.39 is 6.09 Å². The molecule has 1 aliphatic heterocycles. The zero-order valence-corrected chi connectivity index (χ0v) is 12.9. The average molecular weight is 314 g/mol. The second-order valence-electron chi connectivity index (χ2n) is 5.47. The molecule has 1 aromatic rings. The highest BCUT2D eigenvalue weighted by Crippen LogP contribution is 2.29. The van der Waals surface area contributed by atoms with Crippen LogP contribution in [0.25, 0.3) is 0 Å². The Morgan fingerprint density at radius 3 is 2.35 bits per heavy atom. The highest BCUT2D eigenvalue weighted by Gasteiger charge is 2.36. The summed E-state index contributed by atoms with van der Waals surface area (Å²) in [5.74, 6) is -0.580. The number of amides is 1. The van der Waals surface area contributed by atoms with E-state index in [0.717, 1.165) is 12.8 Å². The Kier molecular flexibility index (Phi) is 4.14. The van der Waals surface area contributed by atoms with E-state index in [1.165, 1.54) is 0 Å². The van der Waals surface area contributed by atoms with Gasteiger partial charge in [-0.25, -0.2) is 4.79 Å². The minimum absolute atomic E-state index is 0.0223. The van der Waals surface area contributed by atoms with E-state index in [-0.39, 0.29) is 29.6 Å². The standard InChI is InChI=1S/C17H18N2O4/c1-2-23-17(22)18-13-14(19-9-5-6-10-19)16(21)12-8-4-3-7-11(12)15(13)20/h3-4,7-8H,2,5-6,9-10H2,1H3,(H,18,22). The maximum atomic E-state index is 12.9. The fourth-order valence-electron chi connectivity index (χ4n) is 2.99. The number of ketones is 2. The second-order valence-corrected chi connectivity index (χ2v) is 5.47. The molecule has 1 saturated heterocycles. The van der Waals surface area contributed by atoms with Gasteiger partial charge in [0.2, 0.25) is 11.6 Å². The van der Waals surface area contributed by atoms with Crippen LogP contribution in [0, 0.1) is 0 Å². The van der Waals surface area contributed by atoms with E-state index in [2.05, 4.69) is 5.32 Å². The molecule has 0 bridgehead atoms. The van der Waals surface area contributed by atoms with Crippen LogP contribution in [0.2, 0.25) is 0 Å². The molecule has 23 heavy (non-hydrogen) atoms. The quantitative estimate of drug-likeness (QED) is 0.925. The van der Waals surface area contributed by atoms with Gasteiger partial charge in [-0.15, -0.1) is 0 Å². The summed E-state index contributed by atoms with van der Waals surface area (Å²) < 4.78 is 4.86. The van der Waals surface area contributed by atoms with E-state index in [1.54, 1.807) is 31.2 Å². The fourth-order valence-corrected chi connectivity index (χ4v) is 2.99. The van der Waals surface area contributed by atoms with Gasteiger partial charge in [-0.05, 0) is 19.8 Å². The molecule has 2 aliphatic rings. The molecule has 0 radical (unpaired) electrons. The van der Waals surface area contributed by atoms with E-state index in [0.29, 0.717) is 24.2 Å². The summed E-state index contributed by atoms with van der Waals surface area (Å²) in [5, 5.41) is 2.47. The van der Waals surface area contributed by atoms with Gasteiger partial charge >= 0.3 is 6.09 Å². The van der Waals surface area contributed by atoms with E-state index in [9.17, 15) is 14.4 Å². The highest BCUT2D eigenvalue weighted by molar-refractivity contribution is 6.27. The van der Waals surface area contributed by atoms with Gasteiger partial charge in [0.15, 0.2) is 0 Å². The Morgan fingerprint density at radius 2 is 1.74 bits per heavy atom. The summed E-state index contributed by atoms with van der Waals surface area (Å²) in [4.78, 5) is 39.3. The molecule has 1 N–H and O–H groups in total. The number of rotatable bonds is 3. The van der Waals surface area contributed by atoms with Crippen molar-refractivity contribution in [3.05, 3.63) is 46.8 Å². The Balaban J connectivity index is 2.07. The zero-order chi connectivity index (χ0) is 16.4. The lowest BCUT2D eigenvalue weighted by atomic mass is 9.89. The number of benzene rings is 1. The largest absolute Gasteiger partial charge is 0.450 e. The Morgan fingerprint density at radius 1 is 1.13 bits per heavy atom. The minimum Gasteiger partial charge on any atom is -0.450 e. The zero-order valence-electron chi connectivity index (χ0n) is 12.9. The molecular weight excluding hydrogens is 296 g/mol. The van der Waals surface area contributed by atoms with Crippen molar-refractivity contribution < 1.29 is 19.1 Å². The van der Waals surface area contributed by atoms with Gasteiger partial charge in [-0.3, -0.25) is 14.9 Å². The molecule has 0 aromatic heterocycles. The molecule has 0 saturated carbocycles. The van der Waals surface area contributed by atoms with Crippen molar-refractivity contribution in [2.24, 2.45) is 0 Å². The van der Waals surface area contributed by atoms with Crippen LogP contribution in [-0.4, -0.2) is 42.3 Å². The SMILES string of the molecule is CCOC(=O)NC1=C(N2CCCC2)C(=O)c2ccccc2C1=O. The van der Waals surface area contributed by atoms with Gasteiger partial charge in [-0.2, -0.15) is 0 Å². The van der Waals surface area contributed by atoms with E-state index in [4.69, 9.17) is 4.74 Å². The predicted octanol–water partition coefficient (Wildman–Crippen LogP) is 2.12. The van der Waals surface area contributed by atoms with Crippen molar-refractivity contribution >= 4 is 17.7 Å². The number of Topliss-reactive ketones (excluding diaryl/α,β-unsaturated/α-hetero) is 2. The molecule has 0 unspecified atom stereocenters. The van der Waals surface area contributed by atoms with Crippen LogP contribution in [0.3, 0.4) is 0 Å². The third-order valence-electron chi connectivity index (χ3n) is 4.02. The molecule has 1 aliphatic carbocycles. The summed E-state index contributed by atoms with van der Waals surface area (Å²) in [5.41, 5.74) is 0.995. The summed E-state index contributed by atoms with van der Waals surface area (Å²) in [6.07, 6.45) is 1.19. The van der Waals surface area contributed by atoms with Gasteiger partial charge in [0.25, 0.3) is 0 Å². The van der Waals surface area contributed by atoms with Gasteiger partial charge in [0.05, 0.1) is 6.61 Å². The summed E-state index contributed by atoms with van der Waals surface area (Å²) in [6.45, 7) is 3.27. The number of carbonyl (C=O) groups excluding carboxylic acids is 3. The van der Waals surface area contributed by atoms with Crippen molar-refractivity contribution in [2.75, 3.05) is 19.7 Å². The molecule has 6 heteroatoms. The highest BCUT2D eigenvalue weighted by atomic mass is 16.5. The number of ether oxygens (including phenoxy) is 1. The third kappa shape index (κ3) is 2.72. The lowest BCUT2D eigenvalue weighted by Crippen LogP contribution is -2.39. The van der Waals surface area contributed by atoms with Crippen LogP contribution in [0.15, 0.2) is 35.7 Å². The predicted molar refractivity (Wildman–Crippen MR) is 83.1 cm³/mol. The number of carbonyl (C=O) groups is 3.